The SMILES string of the molecule is CCCCCC=CC(=O)OCN(CC)CC. The lowest BCUT2D eigenvalue weighted by molar-refractivity contribution is -0.142. The van der Waals surface area contributed by atoms with Gasteiger partial charge in [0.1, 0.15) is 6.73 Å². The van der Waals surface area contributed by atoms with E-state index in [2.05, 4.69) is 25.7 Å². The van der Waals surface area contributed by atoms with Crippen LogP contribution in [0.2, 0.25) is 0 Å². The lowest BCUT2D eigenvalue weighted by atomic mass is 10.2. The van der Waals surface area contributed by atoms with Crippen molar-refractivity contribution >= 4 is 5.97 Å². The molecule has 0 aliphatic carbocycles. The largest absolute Gasteiger partial charge is 0.446 e. The Morgan fingerprint density at radius 2 is 1.88 bits per heavy atom. The average molecular weight is 227 g/mol. The number of hydrogen-bond donors (Lipinski definition) is 0. The highest BCUT2D eigenvalue weighted by atomic mass is 16.5. The number of esters is 1. The predicted molar refractivity (Wildman–Crippen MR) is 67.2 cm³/mol. The molecule has 0 aromatic carbocycles. The van der Waals surface area contributed by atoms with Gasteiger partial charge in [-0.15, -0.1) is 0 Å². The molecule has 0 rings (SSSR count). The normalized spacial score (nSPS) is 11.2. The van der Waals surface area contributed by atoms with Crippen molar-refractivity contribution in [2.45, 2.75) is 46.5 Å². The Hall–Kier alpha value is -0.830. The lowest BCUT2D eigenvalue weighted by Gasteiger charge is -2.16. The predicted octanol–water partition coefficient (Wildman–Crippen LogP) is 2.97. The van der Waals surface area contributed by atoms with Crippen molar-refractivity contribution in [2.75, 3.05) is 19.8 Å². The first kappa shape index (κ1) is 15.2. The second-order valence-corrected chi connectivity index (χ2v) is 3.79. The molecule has 0 heterocycles. The fourth-order valence-electron chi connectivity index (χ4n) is 1.30. The first-order valence-corrected chi connectivity index (χ1v) is 6.30. The van der Waals surface area contributed by atoms with Crippen LogP contribution in [-0.2, 0) is 9.53 Å². The summed E-state index contributed by atoms with van der Waals surface area (Å²) in [7, 11) is 0. The summed E-state index contributed by atoms with van der Waals surface area (Å²) < 4.78 is 5.09. The number of nitrogens with zero attached hydrogens (tertiary/aromatic N) is 1. The molecule has 0 bridgehead atoms. The van der Waals surface area contributed by atoms with E-state index >= 15 is 0 Å². The number of allylic oxidation sites excluding steroid dienone is 1. The maximum absolute atomic E-state index is 11.3. The van der Waals surface area contributed by atoms with Crippen molar-refractivity contribution in [1.82, 2.24) is 4.90 Å². The van der Waals surface area contributed by atoms with E-state index in [1.165, 1.54) is 12.8 Å². The summed E-state index contributed by atoms with van der Waals surface area (Å²) in [5, 5.41) is 0. The zero-order valence-electron chi connectivity index (χ0n) is 10.9. The highest BCUT2D eigenvalue weighted by Gasteiger charge is 2.01. The minimum absolute atomic E-state index is 0.233. The fraction of sp³-hybridized carbons (Fsp3) is 0.769. The Morgan fingerprint density at radius 3 is 2.44 bits per heavy atom. The van der Waals surface area contributed by atoms with Crippen molar-refractivity contribution < 1.29 is 9.53 Å². The maximum atomic E-state index is 11.3. The minimum Gasteiger partial charge on any atom is -0.446 e. The first-order valence-electron chi connectivity index (χ1n) is 6.30. The number of carbonyl (C=O) groups is 1. The van der Waals surface area contributed by atoms with Crippen LogP contribution in [0.15, 0.2) is 12.2 Å². The van der Waals surface area contributed by atoms with E-state index in [4.69, 9.17) is 4.74 Å². The van der Waals surface area contributed by atoms with Gasteiger partial charge in [0.05, 0.1) is 0 Å². The van der Waals surface area contributed by atoms with Crippen molar-refractivity contribution in [2.24, 2.45) is 0 Å². The van der Waals surface area contributed by atoms with Gasteiger partial charge in [0.15, 0.2) is 0 Å². The van der Waals surface area contributed by atoms with Crippen LogP contribution >= 0.6 is 0 Å². The van der Waals surface area contributed by atoms with Gasteiger partial charge >= 0.3 is 5.97 Å². The van der Waals surface area contributed by atoms with Gasteiger partial charge in [-0.25, -0.2) is 4.79 Å². The van der Waals surface area contributed by atoms with Crippen LogP contribution in [0.5, 0.6) is 0 Å². The summed E-state index contributed by atoms with van der Waals surface area (Å²) in [4.78, 5) is 13.3. The van der Waals surface area contributed by atoms with Gasteiger partial charge in [0, 0.05) is 6.08 Å². The van der Waals surface area contributed by atoms with Crippen molar-refractivity contribution in [3.8, 4) is 0 Å². The molecule has 0 saturated heterocycles. The molecule has 0 aromatic heterocycles. The standard InChI is InChI=1S/C13H25NO2/c1-4-7-8-9-10-11-13(15)16-12-14(5-2)6-3/h10-11H,4-9,12H2,1-3H3. The Labute approximate surface area is 99.5 Å². The van der Waals surface area contributed by atoms with Crippen LogP contribution in [0.3, 0.4) is 0 Å². The smallest absolute Gasteiger partial charge is 0.331 e. The zero-order valence-corrected chi connectivity index (χ0v) is 10.9. The lowest BCUT2D eigenvalue weighted by Crippen LogP contribution is -2.27. The van der Waals surface area contributed by atoms with Crippen LogP contribution < -0.4 is 0 Å². The van der Waals surface area contributed by atoms with E-state index < -0.39 is 0 Å². The molecule has 0 amide bonds. The Bertz CT molecular complexity index is 198. The molecule has 0 saturated carbocycles. The van der Waals surface area contributed by atoms with Gasteiger partial charge in [-0.2, -0.15) is 0 Å². The Balaban J connectivity index is 3.57. The molecule has 0 unspecified atom stereocenters. The van der Waals surface area contributed by atoms with Gasteiger partial charge in [-0.05, 0) is 25.9 Å². The number of unbranched alkanes of at least 4 members (excludes halogenated alkanes) is 3. The van der Waals surface area contributed by atoms with Crippen LogP contribution in [0.4, 0.5) is 0 Å². The molecular weight excluding hydrogens is 202 g/mol. The molecule has 0 radical (unpaired) electrons. The molecule has 0 spiro atoms. The topological polar surface area (TPSA) is 29.5 Å². The number of carbonyl (C=O) groups excluding carboxylic acids is 1. The molecule has 0 fully saturated rings. The summed E-state index contributed by atoms with van der Waals surface area (Å²) in [5.74, 6) is -0.233. The average Bonchev–Trinajstić information content (AvgIpc) is 2.30. The highest BCUT2D eigenvalue weighted by molar-refractivity contribution is 5.81. The fourth-order valence-corrected chi connectivity index (χ4v) is 1.30. The van der Waals surface area contributed by atoms with E-state index in [9.17, 15) is 4.79 Å². The van der Waals surface area contributed by atoms with Gasteiger partial charge in [-0.3, -0.25) is 4.90 Å². The summed E-state index contributed by atoms with van der Waals surface area (Å²) in [5.41, 5.74) is 0. The molecular formula is C13H25NO2. The summed E-state index contributed by atoms with van der Waals surface area (Å²) in [6.45, 7) is 8.48. The maximum Gasteiger partial charge on any atom is 0.331 e. The third-order valence-electron chi connectivity index (χ3n) is 2.51. The van der Waals surface area contributed by atoms with E-state index in [1.807, 2.05) is 6.08 Å². The summed E-state index contributed by atoms with van der Waals surface area (Å²) >= 11 is 0. The monoisotopic (exact) mass is 227 g/mol. The molecule has 0 N–H and O–H groups in total. The molecule has 94 valence electrons. The zero-order chi connectivity index (χ0) is 12.2. The van der Waals surface area contributed by atoms with Crippen LogP contribution in [-0.4, -0.2) is 30.7 Å². The van der Waals surface area contributed by atoms with Crippen molar-refractivity contribution in [3.63, 3.8) is 0 Å². The second kappa shape index (κ2) is 10.7. The molecule has 0 aliphatic rings. The number of ether oxygens (including phenoxy) is 1. The molecule has 3 heteroatoms. The molecule has 0 aliphatic heterocycles. The third-order valence-corrected chi connectivity index (χ3v) is 2.51. The van der Waals surface area contributed by atoms with E-state index in [0.29, 0.717) is 6.73 Å². The molecule has 3 nitrogen and oxygen atoms in total. The number of rotatable bonds is 9. The van der Waals surface area contributed by atoms with E-state index in [1.54, 1.807) is 6.08 Å². The van der Waals surface area contributed by atoms with Gasteiger partial charge < -0.3 is 4.74 Å². The Kier molecular flexibility index (Phi) is 10.1. The van der Waals surface area contributed by atoms with Gasteiger partial charge in [0.2, 0.25) is 0 Å². The summed E-state index contributed by atoms with van der Waals surface area (Å²) in [6, 6.07) is 0. The molecule has 16 heavy (non-hydrogen) atoms. The number of hydrogen-bond acceptors (Lipinski definition) is 3. The van der Waals surface area contributed by atoms with Crippen LogP contribution in [0.1, 0.15) is 46.5 Å². The second-order valence-electron chi connectivity index (χ2n) is 3.79. The van der Waals surface area contributed by atoms with Gasteiger partial charge in [0.25, 0.3) is 0 Å². The van der Waals surface area contributed by atoms with Crippen LogP contribution in [0, 0.1) is 0 Å². The summed E-state index contributed by atoms with van der Waals surface area (Å²) in [6.07, 6.45) is 7.99. The highest BCUT2D eigenvalue weighted by Crippen LogP contribution is 1.99. The van der Waals surface area contributed by atoms with Crippen LogP contribution in [0.25, 0.3) is 0 Å². The Morgan fingerprint density at radius 1 is 1.19 bits per heavy atom. The first-order chi connectivity index (χ1) is 7.74. The van der Waals surface area contributed by atoms with Crippen molar-refractivity contribution in [1.29, 1.82) is 0 Å². The van der Waals surface area contributed by atoms with Crippen molar-refractivity contribution in [3.05, 3.63) is 12.2 Å². The molecule has 0 aromatic rings. The van der Waals surface area contributed by atoms with E-state index in [-0.39, 0.29) is 5.97 Å². The molecule has 0 atom stereocenters. The minimum atomic E-state index is -0.233. The third kappa shape index (κ3) is 8.48. The van der Waals surface area contributed by atoms with Gasteiger partial charge in [-0.1, -0.05) is 39.7 Å². The van der Waals surface area contributed by atoms with E-state index in [0.717, 1.165) is 25.9 Å². The quantitative estimate of drug-likeness (QED) is 0.262.